The second-order valence-corrected chi connectivity index (χ2v) is 4.24. The topological polar surface area (TPSA) is 62.3 Å². The van der Waals surface area contributed by atoms with E-state index in [0.29, 0.717) is 6.54 Å². The highest BCUT2D eigenvalue weighted by molar-refractivity contribution is 5.62. The fraction of sp³-hybridized carbons (Fsp3) is 0.308. The quantitative estimate of drug-likeness (QED) is 0.885. The Morgan fingerprint density at radius 3 is 3.00 bits per heavy atom. The molecule has 0 fully saturated rings. The number of aromatic nitrogens is 2. The van der Waals surface area contributed by atoms with Crippen molar-refractivity contribution in [2.24, 2.45) is 12.8 Å². The van der Waals surface area contributed by atoms with Gasteiger partial charge >= 0.3 is 0 Å². The van der Waals surface area contributed by atoms with Gasteiger partial charge in [0.25, 0.3) is 0 Å². The zero-order valence-corrected chi connectivity index (χ0v) is 10.2. The van der Waals surface area contributed by atoms with Crippen LogP contribution < -0.4 is 15.2 Å². The number of hydrogen-bond donors (Lipinski definition) is 1. The van der Waals surface area contributed by atoms with Gasteiger partial charge in [-0.2, -0.15) is 0 Å². The van der Waals surface area contributed by atoms with Gasteiger partial charge in [0.15, 0.2) is 11.5 Å². The molecule has 0 spiro atoms. The Kier molecular flexibility index (Phi) is 2.68. The van der Waals surface area contributed by atoms with E-state index in [4.69, 9.17) is 15.2 Å². The zero-order chi connectivity index (χ0) is 12.5. The third-order valence-electron chi connectivity index (χ3n) is 3.12. The van der Waals surface area contributed by atoms with Crippen molar-refractivity contribution in [3.05, 3.63) is 30.1 Å². The van der Waals surface area contributed by atoms with Crippen LogP contribution in [0.5, 0.6) is 11.5 Å². The summed E-state index contributed by atoms with van der Waals surface area (Å²) in [6.45, 7) is 0.915. The first-order valence-corrected chi connectivity index (χ1v) is 5.90. The molecule has 0 atom stereocenters. The lowest BCUT2D eigenvalue weighted by Gasteiger charge is -2.06. The van der Waals surface area contributed by atoms with E-state index in [1.807, 2.05) is 31.4 Å². The van der Waals surface area contributed by atoms with Crippen molar-refractivity contribution >= 4 is 0 Å². The monoisotopic (exact) mass is 245 g/mol. The minimum Gasteiger partial charge on any atom is -0.454 e. The van der Waals surface area contributed by atoms with Crippen LogP contribution in [0.15, 0.2) is 24.4 Å². The van der Waals surface area contributed by atoms with Crippen LogP contribution in [-0.4, -0.2) is 22.9 Å². The summed E-state index contributed by atoms with van der Waals surface area (Å²) in [4.78, 5) is 4.44. The second kappa shape index (κ2) is 4.34. The average Bonchev–Trinajstić information content (AvgIpc) is 2.97. The fourth-order valence-electron chi connectivity index (χ4n) is 2.13. The van der Waals surface area contributed by atoms with Gasteiger partial charge in [0, 0.05) is 30.9 Å². The molecule has 2 N–H and O–H groups in total. The van der Waals surface area contributed by atoms with Crippen molar-refractivity contribution in [2.45, 2.75) is 6.42 Å². The Morgan fingerprint density at radius 1 is 1.33 bits per heavy atom. The molecule has 5 nitrogen and oxygen atoms in total. The summed E-state index contributed by atoms with van der Waals surface area (Å²) in [5, 5.41) is 0. The van der Waals surface area contributed by atoms with E-state index in [2.05, 4.69) is 9.55 Å². The van der Waals surface area contributed by atoms with E-state index in [1.54, 1.807) is 0 Å². The maximum absolute atomic E-state index is 5.57. The number of ether oxygens (including phenoxy) is 2. The van der Waals surface area contributed by atoms with Gasteiger partial charge in [0.1, 0.15) is 5.82 Å². The average molecular weight is 245 g/mol. The molecule has 5 heteroatoms. The van der Waals surface area contributed by atoms with E-state index >= 15 is 0 Å². The lowest BCUT2D eigenvalue weighted by Crippen LogP contribution is -2.07. The molecule has 1 aromatic heterocycles. The lowest BCUT2D eigenvalue weighted by atomic mass is 10.2. The molecule has 0 saturated heterocycles. The van der Waals surface area contributed by atoms with Crippen LogP contribution in [0.25, 0.3) is 11.4 Å². The highest BCUT2D eigenvalue weighted by Crippen LogP contribution is 2.35. The molecule has 0 radical (unpaired) electrons. The minimum absolute atomic E-state index is 0.289. The van der Waals surface area contributed by atoms with Gasteiger partial charge in [-0.15, -0.1) is 0 Å². The molecule has 0 amide bonds. The van der Waals surface area contributed by atoms with Gasteiger partial charge in [-0.25, -0.2) is 4.98 Å². The Hall–Kier alpha value is -2.01. The first-order valence-electron chi connectivity index (χ1n) is 5.90. The lowest BCUT2D eigenvalue weighted by molar-refractivity contribution is 0.174. The molecule has 1 aliphatic heterocycles. The molecule has 2 heterocycles. The van der Waals surface area contributed by atoms with E-state index in [9.17, 15) is 0 Å². The van der Waals surface area contributed by atoms with Gasteiger partial charge in [-0.3, -0.25) is 0 Å². The van der Waals surface area contributed by atoms with Crippen LogP contribution in [0.3, 0.4) is 0 Å². The van der Waals surface area contributed by atoms with Crippen LogP contribution in [0.4, 0.5) is 0 Å². The van der Waals surface area contributed by atoms with Crippen LogP contribution in [0.2, 0.25) is 0 Å². The fourth-order valence-corrected chi connectivity index (χ4v) is 2.13. The van der Waals surface area contributed by atoms with Gasteiger partial charge in [0.05, 0.1) is 0 Å². The molecule has 1 aromatic carbocycles. The Bertz CT molecular complexity index is 578. The molecule has 0 bridgehead atoms. The molecule has 1 aliphatic rings. The number of rotatable bonds is 3. The predicted octanol–water partition coefficient (Wildman–Crippen LogP) is 1.32. The molecular weight excluding hydrogens is 230 g/mol. The third kappa shape index (κ3) is 1.73. The summed E-state index contributed by atoms with van der Waals surface area (Å²) in [6.07, 6.45) is 2.70. The van der Waals surface area contributed by atoms with Crippen molar-refractivity contribution in [2.75, 3.05) is 13.3 Å². The number of nitrogens with zero attached hydrogens (tertiary/aromatic N) is 2. The molecule has 0 aliphatic carbocycles. The van der Waals surface area contributed by atoms with Gasteiger partial charge in [0.2, 0.25) is 6.79 Å². The minimum atomic E-state index is 0.289. The third-order valence-corrected chi connectivity index (χ3v) is 3.12. The SMILES string of the molecule is Cn1c(CCN)cnc1-c1ccc2c(c1)OCO2. The highest BCUT2D eigenvalue weighted by Gasteiger charge is 2.16. The first kappa shape index (κ1) is 11.1. The summed E-state index contributed by atoms with van der Waals surface area (Å²) in [5.74, 6) is 2.47. The molecule has 2 aromatic rings. The molecular formula is C13H15N3O2. The second-order valence-electron chi connectivity index (χ2n) is 4.24. The smallest absolute Gasteiger partial charge is 0.231 e. The van der Waals surface area contributed by atoms with E-state index in [0.717, 1.165) is 35.0 Å². The van der Waals surface area contributed by atoms with Crippen molar-refractivity contribution < 1.29 is 9.47 Å². The number of hydrogen-bond acceptors (Lipinski definition) is 4. The zero-order valence-electron chi connectivity index (χ0n) is 10.2. The van der Waals surface area contributed by atoms with Crippen LogP contribution >= 0.6 is 0 Å². The maximum Gasteiger partial charge on any atom is 0.231 e. The van der Waals surface area contributed by atoms with Crippen molar-refractivity contribution in [3.63, 3.8) is 0 Å². The number of benzene rings is 1. The van der Waals surface area contributed by atoms with Gasteiger partial charge in [-0.1, -0.05) is 0 Å². The van der Waals surface area contributed by atoms with Crippen LogP contribution in [-0.2, 0) is 13.5 Å². The summed E-state index contributed by atoms with van der Waals surface area (Å²) in [7, 11) is 2.00. The predicted molar refractivity (Wildman–Crippen MR) is 67.5 cm³/mol. The maximum atomic E-state index is 5.57. The Morgan fingerprint density at radius 2 is 2.17 bits per heavy atom. The van der Waals surface area contributed by atoms with Crippen molar-refractivity contribution in [1.29, 1.82) is 0 Å². The van der Waals surface area contributed by atoms with Crippen molar-refractivity contribution in [3.8, 4) is 22.9 Å². The van der Waals surface area contributed by atoms with Gasteiger partial charge < -0.3 is 19.8 Å². The standard InChI is InChI=1S/C13H15N3O2/c1-16-10(4-5-14)7-15-13(16)9-2-3-11-12(6-9)18-8-17-11/h2-3,6-7H,4-5,8,14H2,1H3. The number of imidazole rings is 1. The van der Waals surface area contributed by atoms with E-state index in [-0.39, 0.29) is 6.79 Å². The van der Waals surface area contributed by atoms with E-state index < -0.39 is 0 Å². The first-order chi connectivity index (χ1) is 8.79. The number of nitrogens with two attached hydrogens (primary N) is 1. The largest absolute Gasteiger partial charge is 0.454 e. The number of fused-ring (bicyclic) bond motifs is 1. The molecule has 0 saturated carbocycles. The molecule has 18 heavy (non-hydrogen) atoms. The van der Waals surface area contributed by atoms with Gasteiger partial charge in [-0.05, 0) is 24.7 Å². The highest BCUT2D eigenvalue weighted by atomic mass is 16.7. The summed E-state index contributed by atoms with van der Waals surface area (Å²) >= 11 is 0. The summed E-state index contributed by atoms with van der Waals surface area (Å²) in [6, 6.07) is 5.86. The van der Waals surface area contributed by atoms with Crippen molar-refractivity contribution in [1.82, 2.24) is 9.55 Å². The molecule has 0 unspecified atom stereocenters. The van der Waals surface area contributed by atoms with Crippen LogP contribution in [0.1, 0.15) is 5.69 Å². The Labute approximate surface area is 105 Å². The molecule has 3 rings (SSSR count). The van der Waals surface area contributed by atoms with E-state index in [1.165, 1.54) is 0 Å². The Balaban J connectivity index is 1.99. The normalized spacial score (nSPS) is 13.0. The van der Waals surface area contributed by atoms with Crippen LogP contribution in [0, 0.1) is 0 Å². The summed E-state index contributed by atoms with van der Waals surface area (Å²) < 4.78 is 12.7. The summed E-state index contributed by atoms with van der Waals surface area (Å²) in [5.41, 5.74) is 7.72. The molecule has 94 valence electrons.